The number of hydrogen-bond donors (Lipinski definition) is 5. The Morgan fingerprint density at radius 1 is 0.917 bits per heavy atom. The molecule has 48 heavy (non-hydrogen) atoms. The zero-order valence-corrected chi connectivity index (χ0v) is 37.8. The van der Waals surface area contributed by atoms with E-state index < -0.39 is 30.2 Å². The Bertz CT molecular complexity index is 1830. The molecule has 5 aliphatic heterocycles. The van der Waals surface area contributed by atoms with E-state index in [1.807, 2.05) is 26.8 Å². The first kappa shape index (κ1) is 43.8. The summed E-state index contributed by atoms with van der Waals surface area (Å²) in [6, 6.07) is 0. The van der Waals surface area contributed by atoms with E-state index in [4.69, 9.17) is 15.0 Å². The monoisotopic (exact) mass is 727 g/mol. The molecule has 5 rings (SSSR count). The van der Waals surface area contributed by atoms with Crippen molar-refractivity contribution in [3.8, 4) is 0 Å². The Morgan fingerprint density at radius 3 is 2.17 bits per heavy atom. The molecular weight excluding hydrogens is 694 g/mol. The molecule has 0 aromatic heterocycles. The van der Waals surface area contributed by atoms with Gasteiger partial charge in [-0.25, -0.2) is 19.8 Å². The molecule has 0 aliphatic carbocycles. The third-order valence-corrected chi connectivity index (χ3v) is 8.78. The zero-order chi connectivity index (χ0) is 32.7. The molecule has 0 unspecified atom stereocenters. The number of aliphatic hydroxyl groups excluding tert-OH is 1. The van der Waals surface area contributed by atoms with E-state index in [2.05, 4.69) is 11.9 Å². The van der Waals surface area contributed by atoms with Crippen molar-refractivity contribution in [3.05, 3.63) is 105 Å². The van der Waals surface area contributed by atoms with Gasteiger partial charge >= 0.3 is 172 Å². The molecule has 2 atom stereocenters. The standard InChI is InChI=1S/C34H34N4O7.3K/c1-6-18-15(3)23-11-24-16(4)20(8-9-29(40)41)32(37-24)21(10-30(42)43)33-31(34(44)45)17(5)25(38-33)12-27-19(7-2)22(14-39)28(36-27)13-26(18)35-23;;;/h6,11-14,16,20,37,39H,1,7-10H2,2-5H3,(H,40,41)(H,42,43)(H,44,45);;;/q;3*+1/b22-14+,24-11?,25-12?,26-13?,32-21?;;;/t16-,20-;;;/m0.../s1. The number of hydrogen-bond acceptors (Lipinski definition) is 8. The van der Waals surface area contributed by atoms with Crippen LogP contribution in [-0.2, 0) is 14.4 Å². The van der Waals surface area contributed by atoms with E-state index in [-0.39, 0.29) is 190 Å². The van der Waals surface area contributed by atoms with Gasteiger partial charge in [0.2, 0.25) is 0 Å². The molecule has 0 aromatic rings. The summed E-state index contributed by atoms with van der Waals surface area (Å²) >= 11 is 0. The maximum absolute atomic E-state index is 12.7. The van der Waals surface area contributed by atoms with Crippen LogP contribution in [0.4, 0.5) is 0 Å². The summed E-state index contributed by atoms with van der Waals surface area (Å²) < 4.78 is 0. The topological polar surface area (TPSA) is 181 Å². The summed E-state index contributed by atoms with van der Waals surface area (Å²) in [4.78, 5) is 50.9. The molecule has 0 spiro atoms. The molecule has 0 amide bonds. The van der Waals surface area contributed by atoms with Gasteiger partial charge in [0, 0.05) is 46.4 Å². The second-order valence-corrected chi connectivity index (χ2v) is 11.3. The van der Waals surface area contributed by atoms with Gasteiger partial charge in [0.25, 0.3) is 0 Å². The number of aliphatic hydroxyl groups is 1. The second kappa shape index (κ2) is 18.4. The summed E-state index contributed by atoms with van der Waals surface area (Å²) in [5.74, 6) is -4.21. The summed E-state index contributed by atoms with van der Waals surface area (Å²) in [6.07, 6.45) is 7.92. The molecular formula is C34H34K3N4O7+3. The van der Waals surface area contributed by atoms with Crippen LogP contribution in [0.3, 0.4) is 0 Å². The smallest absolute Gasteiger partial charge is 0.515 e. The third-order valence-electron chi connectivity index (χ3n) is 8.78. The maximum atomic E-state index is 12.7. The number of rotatable bonds is 8. The molecule has 14 heteroatoms. The Morgan fingerprint density at radius 2 is 1.60 bits per heavy atom. The van der Waals surface area contributed by atoms with Crippen molar-refractivity contribution < 1.29 is 189 Å². The van der Waals surface area contributed by atoms with Gasteiger partial charge in [-0.3, -0.25) is 9.59 Å². The van der Waals surface area contributed by atoms with Crippen molar-refractivity contribution >= 4 is 35.0 Å². The number of fused-ring (bicyclic) bond motifs is 5. The second-order valence-electron chi connectivity index (χ2n) is 11.3. The van der Waals surface area contributed by atoms with Gasteiger partial charge in [-0.15, -0.1) is 0 Å². The Kier molecular flexibility index (Phi) is 16.8. The van der Waals surface area contributed by atoms with E-state index >= 15 is 0 Å². The fraction of sp³-hybridized carbons (Fsp3) is 0.294. The minimum atomic E-state index is -1.27. The number of aliphatic carboxylic acids is 3. The van der Waals surface area contributed by atoms with Crippen LogP contribution < -0.4 is 159 Å². The quantitative estimate of drug-likeness (QED) is 0.126. The van der Waals surface area contributed by atoms with Crippen molar-refractivity contribution in [1.82, 2.24) is 5.32 Å². The van der Waals surface area contributed by atoms with Crippen LogP contribution >= 0.6 is 0 Å². The van der Waals surface area contributed by atoms with Crippen LogP contribution in [0.25, 0.3) is 0 Å². The predicted molar refractivity (Wildman–Crippen MR) is 170 cm³/mol. The van der Waals surface area contributed by atoms with E-state index in [0.29, 0.717) is 63.0 Å². The van der Waals surface area contributed by atoms with E-state index in [0.717, 1.165) is 17.4 Å². The fourth-order valence-electron chi connectivity index (χ4n) is 6.43. The predicted octanol–water partition coefficient (Wildman–Crippen LogP) is -3.51. The number of carbonyl (C=O) groups is 3. The maximum Gasteiger partial charge on any atom is 1.00 e. The van der Waals surface area contributed by atoms with Crippen LogP contribution in [0.15, 0.2) is 120 Å². The first-order valence-corrected chi connectivity index (χ1v) is 14.6. The number of carboxylic acid groups (broad SMARTS) is 3. The third kappa shape index (κ3) is 8.61. The van der Waals surface area contributed by atoms with Crippen molar-refractivity contribution in [2.45, 2.75) is 53.4 Å². The summed E-state index contributed by atoms with van der Waals surface area (Å²) in [5.41, 5.74) is 6.73. The minimum Gasteiger partial charge on any atom is -0.515 e. The molecule has 1 saturated heterocycles. The molecule has 0 radical (unpaired) electrons. The van der Waals surface area contributed by atoms with Crippen molar-refractivity contribution in [1.29, 1.82) is 0 Å². The molecule has 11 nitrogen and oxygen atoms in total. The molecule has 5 heterocycles. The Hall–Kier alpha value is -0.411. The average Bonchev–Trinajstić information content (AvgIpc) is 3.67. The van der Waals surface area contributed by atoms with Crippen molar-refractivity contribution in [2.75, 3.05) is 0 Å². The van der Waals surface area contributed by atoms with E-state index in [9.17, 15) is 34.8 Å². The normalized spacial score (nSPS) is 22.0. The number of nitrogens with zero attached hydrogens (tertiary/aromatic N) is 3. The van der Waals surface area contributed by atoms with Crippen LogP contribution in [0, 0.1) is 11.8 Å². The molecule has 232 valence electrons. The minimum absolute atomic E-state index is 0. The van der Waals surface area contributed by atoms with Crippen LogP contribution in [0.2, 0.25) is 0 Å². The van der Waals surface area contributed by atoms with Gasteiger partial charge in [-0.2, -0.15) is 0 Å². The Balaban J connectivity index is 0.00000267. The summed E-state index contributed by atoms with van der Waals surface area (Å²) in [5, 5.41) is 43.5. The fourth-order valence-corrected chi connectivity index (χ4v) is 6.43. The first-order valence-electron chi connectivity index (χ1n) is 14.6. The SMILES string of the molecule is C=CC1=C(C)C2=NC1=CC1=NC(=C(CC)/C1=C\O)C=C1N=C(C(CC(=O)O)=C3NC(=C2)[C@@H](C)[C@@H]3CCC(=O)O)C(C(=O)O)=C1C.[K+].[K+].[K+]. The molecule has 5 aliphatic rings. The van der Waals surface area contributed by atoms with Gasteiger partial charge in [0.15, 0.2) is 0 Å². The number of carboxylic acids is 3. The number of allylic oxidation sites excluding steroid dienone is 10. The number of nitrogens with one attached hydrogen (secondary N) is 1. The van der Waals surface area contributed by atoms with E-state index in [1.165, 1.54) is 0 Å². The molecule has 8 bridgehead atoms. The number of aliphatic imine (C=N–C) groups is 3. The van der Waals surface area contributed by atoms with Gasteiger partial charge in [-0.1, -0.05) is 26.5 Å². The summed E-state index contributed by atoms with van der Waals surface area (Å²) in [7, 11) is 0. The van der Waals surface area contributed by atoms with Gasteiger partial charge in [0.1, 0.15) is 0 Å². The van der Waals surface area contributed by atoms with Crippen molar-refractivity contribution in [2.24, 2.45) is 26.8 Å². The van der Waals surface area contributed by atoms with Crippen molar-refractivity contribution in [3.63, 3.8) is 0 Å². The molecule has 5 N–H and O–H groups in total. The average molecular weight is 728 g/mol. The zero-order valence-electron chi connectivity index (χ0n) is 28.4. The van der Waals surface area contributed by atoms with Gasteiger partial charge in [-0.05, 0) is 61.6 Å². The first-order chi connectivity index (χ1) is 21.4. The molecule has 0 saturated carbocycles. The van der Waals surface area contributed by atoms with Crippen LogP contribution in [0.5, 0.6) is 0 Å². The van der Waals surface area contributed by atoms with E-state index in [1.54, 1.807) is 25.2 Å². The molecule has 1 fully saturated rings. The molecule has 0 aromatic carbocycles. The summed E-state index contributed by atoms with van der Waals surface area (Å²) in [6.45, 7) is 11.3. The van der Waals surface area contributed by atoms with Gasteiger partial charge < -0.3 is 25.7 Å². The Labute approximate surface area is 406 Å². The van der Waals surface area contributed by atoms with Gasteiger partial charge in [0.05, 0.1) is 52.5 Å². The van der Waals surface area contributed by atoms with Crippen LogP contribution in [-0.4, -0.2) is 55.5 Å². The van der Waals surface area contributed by atoms with Crippen LogP contribution in [0.1, 0.15) is 53.4 Å². The largest absolute Gasteiger partial charge is 1.00 e.